The maximum Gasteiger partial charge on any atom is 0.252 e. The van der Waals surface area contributed by atoms with Gasteiger partial charge in [-0.1, -0.05) is 42.7 Å². The topological polar surface area (TPSA) is 42.9 Å². The van der Waals surface area contributed by atoms with Crippen molar-refractivity contribution in [2.75, 3.05) is 0 Å². The monoisotopic (exact) mass is 306 g/mol. The first-order chi connectivity index (χ1) is 9.74. The van der Waals surface area contributed by atoms with E-state index in [1.54, 1.807) is 23.5 Å². The maximum absolute atomic E-state index is 11.0. The van der Waals surface area contributed by atoms with Crippen LogP contribution in [0.25, 0.3) is 10.6 Å². The van der Waals surface area contributed by atoms with Crippen LogP contribution in [0.4, 0.5) is 0 Å². The zero-order valence-electron chi connectivity index (χ0n) is 11.0. The van der Waals surface area contributed by atoms with Gasteiger partial charge in [0.2, 0.25) is 0 Å². The Labute approximate surface area is 127 Å². The number of hydrogen-bond donors (Lipinski definition) is 0. The summed E-state index contributed by atoms with van der Waals surface area (Å²) in [5, 5.41) is 10.3. The van der Waals surface area contributed by atoms with Gasteiger partial charge in [-0.2, -0.15) is 0 Å². The summed E-state index contributed by atoms with van der Waals surface area (Å²) in [6.07, 6.45) is 6.40. The number of carbonyl (C=O) groups is 1. The Morgan fingerprint density at radius 2 is 1.80 bits per heavy atom. The third kappa shape index (κ3) is 2.91. The number of nitrogens with zero attached hydrogens (tertiary/aromatic N) is 2. The van der Waals surface area contributed by atoms with Crippen LogP contribution >= 0.6 is 22.9 Å². The van der Waals surface area contributed by atoms with Gasteiger partial charge in [0, 0.05) is 17.0 Å². The minimum Gasteiger partial charge on any atom is -0.276 e. The Morgan fingerprint density at radius 3 is 2.45 bits per heavy atom. The molecule has 1 aromatic carbocycles. The van der Waals surface area contributed by atoms with Crippen LogP contribution in [-0.2, 0) is 0 Å². The van der Waals surface area contributed by atoms with Gasteiger partial charge in [0.1, 0.15) is 10.0 Å². The Balaban J connectivity index is 1.80. The third-order valence-corrected chi connectivity index (χ3v) is 5.11. The molecule has 0 radical (unpaired) electrons. The van der Waals surface area contributed by atoms with Crippen LogP contribution in [0.3, 0.4) is 0 Å². The molecular weight excluding hydrogens is 292 g/mol. The molecule has 5 heteroatoms. The number of benzene rings is 1. The van der Waals surface area contributed by atoms with E-state index < -0.39 is 5.24 Å². The van der Waals surface area contributed by atoms with E-state index in [0.29, 0.717) is 11.5 Å². The van der Waals surface area contributed by atoms with E-state index in [9.17, 15) is 4.79 Å². The van der Waals surface area contributed by atoms with E-state index >= 15 is 0 Å². The molecule has 3 nitrogen and oxygen atoms in total. The first kappa shape index (κ1) is 13.7. The average molecular weight is 307 g/mol. The highest BCUT2D eigenvalue weighted by Crippen LogP contribution is 2.36. The molecule has 1 aliphatic carbocycles. The first-order valence-corrected chi connectivity index (χ1v) is 8.07. The number of aromatic nitrogens is 2. The van der Waals surface area contributed by atoms with Gasteiger partial charge in [0.05, 0.1) is 0 Å². The molecule has 1 fully saturated rings. The highest BCUT2D eigenvalue weighted by molar-refractivity contribution is 7.14. The lowest BCUT2D eigenvalue weighted by Gasteiger charge is -2.18. The number of carbonyl (C=O) groups excluding carboxylic acids is 1. The molecule has 0 amide bonds. The Bertz CT molecular complexity index is 603. The molecule has 1 heterocycles. The summed E-state index contributed by atoms with van der Waals surface area (Å²) in [5.74, 6) is 0.582. The van der Waals surface area contributed by atoms with Crippen LogP contribution in [0, 0.1) is 0 Å². The van der Waals surface area contributed by atoms with Crippen molar-refractivity contribution in [2.45, 2.75) is 38.0 Å². The minimum atomic E-state index is -0.434. The molecule has 3 rings (SSSR count). The smallest absolute Gasteiger partial charge is 0.252 e. The quantitative estimate of drug-likeness (QED) is 0.776. The van der Waals surface area contributed by atoms with Crippen molar-refractivity contribution in [1.29, 1.82) is 0 Å². The maximum atomic E-state index is 11.0. The summed E-state index contributed by atoms with van der Waals surface area (Å²) >= 11 is 7.11. The van der Waals surface area contributed by atoms with Gasteiger partial charge in [-0.05, 0) is 36.6 Å². The Kier molecular flexibility index (Phi) is 4.13. The molecule has 0 bridgehead atoms. The minimum absolute atomic E-state index is 0.434. The van der Waals surface area contributed by atoms with E-state index in [0.717, 1.165) is 15.6 Å². The summed E-state index contributed by atoms with van der Waals surface area (Å²) < 4.78 is 0. The van der Waals surface area contributed by atoms with E-state index in [-0.39, 0.29) is 0 Å². The predicted octanol–water partition coefficient (Wildman–Crippen LogP) is 4.63. The molecule has 1 aromatic heterocycles. The van der Waals surface area contributed by atoms with Crippen molar-refractivity contribution in [1.82, 2.24) is 10.2 Å². The molecule has 0 N–H and O–H groups in total. The van der Waals surface area contributed by atoms with E-state index in [4.69, 9.17) is 11.6 Å². The Hall–Kier alpha value is -1.26. The fourth-order valence-electron chi connectivity index (χ4n) is 2.61. The zero-order valence-corrected chi connectivity index (χ0v) is 12.6. The van der Waals surface area contributed by atoms with Gasteiger partial charge in [0.25, 0.3) is 5.24 Å². The summed E-state index contributed by atoms with van der Waals surface area (Å²) in [6, 6.07) is 7.21. The lowest BCUT2D eigenvalue weighted by atomic mass is 9.90. The molecule has 0 aliphatic heterocycles. The van der Waals surface area contributed by atoms with Gasteiger partial charge < -0.3 is 0 Å². The van der Waals surface area contributed by atoms with E-state index in [2.05, 4.69) is 10.2 Å². The van der Waals surface area contributed by atoms with Crippen LogP contribution in [0.15, 0.2) is 24.3 Å². The van der Waals surface area contributed by atoms with Crippen LogP contribution in [0.5, 0.6) is 0 Å². The molecule has 0 saturated heterocycles. The second-order valence-electron chi connectivity index (χ2n) is 5.13. The number of halogens is 1. The first-order valence-electron chi connectivity index (χ1n) is 6.88. The summed E-state index contributed by atoms with van der Waals surface area (Å²) in [4.78, 5) is 11.0. The largest absolute Gasteiger partial charge is 0.276 e. The van der Waals surface area contributed by atoms with Crippen LogP contribution in [0.2, 0.25) is 0 Å². The van der Waals surface area contributed by atoms with Crippen molar-refractivity contribution in [3.05, 3.63) is 34.8 Å². The standard InChI is InChI=1S/C15H15ClN2OS/c16-13(19)10-6-8-12(9-7-10)15-18-17-14(20-15)11-4-2-1-3-5-11/h6-9,11H,1-5H2. The summed E-state index contributed by atoms with van der Waals surface area (Å²) in [6.45, 7) is 0. The molecule has 2 aromatic rings. The second-order valence-corrected chi connectivity index (χ2v) is 6.48. The van der Waals surface area contributed by atoms with Gasteiger partial charge in [-0.3, -0.25) is 4.79 Å². The van der Waals surface area contributed by atoms with Crippen molar-refractivity contribution in [2.24, 2.45) is 0 Å². The predicted molar refractivity (Wildman–Crippen MR) is 81.4 cm³/mol. The normalized spacial score (nSPS) is 16.2. The fourth-order valence-corrected chi connectivity index (χ4v) is 3.75. The van der Waals surface area contributed by atoms with Crippen molar-refractivity contribution < 1.29 is 4.79 Å². The second kappa shape index (κ2) is 6.02. The summed E-state index contributed by atoms with van der Waals surface area (Å²) in [7, 11) is 0. The third-order valence-electron chi connectivity index (χ3n) is 3.75. The van der Waals surface area contributed by atoms with Crippen molar-refractivity contribution in [3.8, 4) is 10.6 Å². The van der Waals surface area contributed by atoms with Gasteiger partial charge in [0.15, 0.2) is 0 Å². The molecule has 0 atom stereocenters. The number of rotatable bonds is 3. The van der Waals surface area contributed by atoms with Gasteiger partial charge >= 0.3 is 0 Å². The molecule has 1 saturated carbocycles. The van der Waals surface area contributed by atoms with Crippen LogP contribution in [-0.4, -0.2) is 15.4 Å². The van der Waals surface area contributed by atoms with Crippen LogP contribution in [0.1, 0.15) is 53.4 Å². The molecule has 104 valence electrons. The molecule has 0 spiro atoms. The summed E-state index contributed by atoms with van der Waals surface area (Å²) in [5.41, 5.74) is 1.50. The number of hydrogen-bond acceptors (Lipinski definition) is 4. The average Bonchev–Trinajstić information content (AvgIpc) is 2.98. The van der Waals surface area contributed by atoms with Crippen LogP contribution < -0.4 is 0 Å². The zero-order chi connectivity index (χ0) is 13.9. The van der Waals surface area contributed by atoms with Crippen molar-refractivity contribution >= 4 is 28.2 Å². The molecule has 20 heavy (non-hydrogen) atoms. The lowest BCUT2D eigenvalue weighted by molar-refractivity contribution is 0.108. The van der Waals surface area contributed by atoms with Gasteiger partial charge in [-0.25, -0.2) is 0 Å². The highest BCUT2D eigenvalue weighted by atomic mass is 35.5. The fraction of sp³-hybridized carbons (Fsp3) is 0.400. The van der Waals surface area contributed by atoms with E-state index in [1.807, 2.05) is 12.1 Å². The molecule has 0 unspecified atom stereocenters. The Morgan fingerprint density at radius 1 is 1.10 bits per heavy atom. The van der Waals surface area contributed by atoms with Crippen molar-refractivity contribution in [3.63, 3.8) is 0 Å². The lowest BCUT2D eigenvalue weighted by Crippen LogP contribution is -2.03. The highest BCUT2D eigenvalue weighted by Gasteiger charge is 2.20. The molecular formula is C15H15ClN2OS. The SMILES string of the molecule is O=C(Cl)c1ccc(-c2nnc(C3CCCCC3)s2)cc1. The van der Waals surface area contributed by atoms with E-state index in [1.165, 1.54) is 32.1 Å². The van der Waals surface area contributed by atoms with Gasteiger partial charge in [-0.15, -0.1) is 10.2 Å². The molecule has 1 aliphatic rings.